The molecule has 1 aromatic heterocycles. The van der Waals surface area contributed by atoms with Crippen LogP contribution in [0.3, 0.4) is 0 Å². The minimum absolute atomic E-state index is 0.0209. The molecule has 3 aromatic carbocycles. The summed E-state index contributed by atoms with van der Waals surface area (Å²) < 4.78 is 5.68. The molecule has 0 atom stereocenters. The van der Waals surface area contributed by atoms with E-state index in [-0.39, 0.29) is 18.3 Å². The Morgan fingerprint density at radius 3 is 2.44 bits per heavy atom. The zero-order valence-corrected chi connectivity index (χ0v) is 18.5. The molecule has 7 heteroatoms. The lowest BCUT2D eigenvalue weighted by Gasteiger charge is -2.14. The van der Waals surface area contributed by atoms with Crippen molar-refractivity contribution in [3.63, 3.8) is 0 Å². The quantitative estimate of drug-likeness (QED) is 0.318. The van der Waals surface area contributed by atoms with Crippen LogP contribution in [0.25, 0.3) is 33.2 Å². The van der Waals surface area contributed by atoms with Crippen LogP contribution in [0.5, 0.6) is 11.5 Å². The third-order valence-corrected chi connectivity index (χ3v) is 5.49. The number of halogens is 1. The van der Waals surface area contributed by atoms with E-state index in [0.29, 0.717) is 28.3 Å². The number of phenols is 1. The highest BCUT2D eigenvalue weighted by molar-refractivity contribution is 6.34. The maximum atomic E-state index is 10.9. The molecular formula is C25H23ClN2O4. The number of aliphatic carboxylic acids is 1. The van der Waals surface area contributed by atoms with Crippen molar-refractivity contribution in [2.45, 2.75) is 32.8 Å². The number of H-pyrrole nitrogens is 1. The van der Waals surface area contributed by atoms with Crippen molar-refractivity contribution >= 4 is 28.5 Å². The van der Waals surface area contributed by atoms with Crippen molar-refractivity contribution in [2.75, 3.05) is 0 Å². The molecule has 0 amide bonds. The predicted molar refractivity (Wildman–Crippen MR) is 125 cm³/mol. The molecule has 32 heavy (non-hydrogen) atoms. The van der Waals surface area contributed by atoms with Gasteiger partial charge in [-0.3, -0.25) is 9.89 Å². The molecule has 164 valence electrons. The number of carbonyl (C=O) groups is 1. The number of ether oxygens (including phenoxy) is 1. The minimum Gasteiger partial charge on any atom is -0.504 e. The summed E-state index contributed by atoms with van der Waals surface area (Å²) in [4.78, 5) is 10.9. The van der Waals surface area contributed by atoms with Crippen molar-refractivity contribution in [1.29, 1.82) is 0 Å². The molecule has 0 radical (unpaired) electrons. The maximum absolute atomic E-state index is 10.9. The number of phenolic OH excluding ortho intramolecular Hbond substituents is 1. The number of carboxylic acid groups (broad SMARTS) is 1. The van der Waals surface area contributed by atoms with E-state index in [2.05, 4.69) is 10.2 Å². The Balaban J connectivity index is 1.68. The first kappa shape index (κ1) is 21.7. The highest BCUT2D eigenvalue weighted by Crippen LogP contribution is 2.39. The molecule has 6 nitrogen and oxygen atoms in total. The number of hydrogen-bond acceptors (Lipinski definition) is 4. The van der Waals surface area contributed by atoms with Gasteiger partial charge in [0.1, 0.15) is 0 Å². The largest absolute Gasteiger partial charge is 0.504 e. The van der Waals surface area contributed by atoms with Crippen LogP contribution in [0.2, 0.25) is 5.02 Å². The smallest absolute Gasteiger partial charge is 0.303 e. The second-order valence-electron chi connectivity index (χ2n) is 7.84. The molecule has 0 aliphatic rings. The predicted octanol–water partition coefficient (Wildman–Crippen LogP) is 6.06. The molecule has 0 fully saturated rings. The van der Waals surface area contributed by atoms with Crippen LogP contribution in [0, 0.1) is 0 Å². The SMILES string of the molecule is CC(C)Oc1cccc(-c2ccc(-c3cc4c(CCC(=O)O)[nH]nc4cc3Cl)cc2)c1O. The number of para-hydroxylation sites is 1. The van der Waals surface area contributed by atoms with E-state index < -0.39 is 5.97 Å². The molecule has 4 rings (SSSR count). The summed E-state index contributed by atoms with van der Waals surface area (Å²) in [6.45, 7) is 3.82. The van der Waals surface area contributed by atoms with Gasteiger partial charge in [0.05, 0.1) is 23.1 Å². The van der Waals surface area contributed by atoms with Gasteiger partial charge in [-0.15, -0.1) is 0 Å². The lowest BCUT2D eigenvalue weighted by molar-refractivity contribution is -0.136. The van der Waals surface area contributed by atoms with E-state index in [0.717, 1.165) is 27.8 Å². The van der Waals surface area contributed by atoms with Crippen molar-refractivity contribution in [2.24, 2.45) is 0 Å². The van der Waals surface area contributed by atoms with Gasteiger partial charge in [0.25, 0.3) is 0 Å². The highest BCUT2D eigenvalue weighted by atomic mass is 35.5. The number of aromatic amines is 1. The van der Waals surface area contributed by atoms with Crippen molar-refractivity contribution in [3.8, 4) is 33.8 Å². The molecule has 3 N–H and O–H groups in total. The standard InChI is InChI=1S/C25H23ClN2O4/c1-14(2)32-23-5-3-4-17(25(23)31)15-6-8-16(9-7-15)18-12-19-21(10-11-24(29)30)27-28-22(19)13-20(18)26/h3-9,12-14,31H,10-11H2,1-2H3,(H,27,28)(H,29,30). The van der Waals surface area contributed by atoms with E-state index >= 15 is 0 Å². The van der Waals surface area contributed by atoms with E-state index in [1.165, 1.54) is 0 Å². The number of fused-ring (bicyclic) bond motifs is 1. The van der Waals surface area contributed by atoms with Gasteiger partial charge in [0.2, 0.25) is 0 Å². The number of aryl methyl sites for hydroxylation is 1. The number of benzene rings is 3. The number of aromatic nitrogens is 2. The number of aromatic hydroxyl groups is 1. The van der Waals surface area contributed by atoms with E-state index in [9.17, 15) is 9.90 Å². The Labute approximate surface area is 190 Å². The number of nitrogens with zero attached hydrogens (tertiary/aromatic N) is 1. The first-order valence-electron chi connectivity index (χ1n) is 10.3. The van der Waals surface area contributed by atoms with Crippen LogP contribution in [0.4, 0.5) is 0 Å². The first-order valence-corrected chi connectivity index (χ1v) is 10.7. The third kappa shape index (κ3) is 4.41. The van der Waals surface area contributed by atoms with Crippen LogP contribution in [0.15, 0.2) is 54.6 Å². The molecule has 0 aliphatic carbocycles. The van der Waals surface area contributed by atoms with Crippen molar-refractivity contribution in [1.82, 2.24) is 10.2 Å². The Hall–Kier alpha value is -3.51. The summed E-state index contributed by atoms with van der Waals surface area (Å²) >= 11 is 6.52. The average molecular weight is 451 g/mol. The zero-order chi connectivity index (χ0) is 22.8. The van der Waals surface area contributed by atoms with E-state index in [1.54, 1.807) is 12.1 Å². The third-order valence-electron chi connectivity index (χ3n) is 5.18. The fourth-order valence-electron chi connectivity index (χ4n) is 3.66. The van der Waals surface area contributed by atoms with Gasteiger partial charge in [-0.05, 0) is 43.2 Å². The fourth-order valence-corrected chi connectivity index (χ4v) is 3.93. The number of hydrogen-bond donors (Lipinski definition) is 3. The van der Waals surface area contributed by atoms with E-state index in [1.807, 2.05) is 56.3 Å². The summed E-state index contributed by atoms with van der Waals surface area (Å²) in [6, 6.07) is 16.9. The highest BCUT2D eigenvalue weighted by Gasteiger charge is 2.14. The molecule has 0 saturated carbocycles. The van der Waals surface area contributed by atoms with Crippen molar-refractivity contribution in [3.05, 3.63) is 65.3 Å². The molecule has 0 unspecified atom stereocenters. The average Bonchev–Trinajstić information content (AvgIpc) is 3.14. The molecule has 0 saturated heterocycles. The minimum atomic E-state index is -0.858. The van der Waals surface area contributed by atoms with Crippen LogP contribution < -0.4 is 4.74 Å². The maximum Gasteiger partial charge on any atom is 0.303 e. The van der Waals surface area contributed by atoms with Gasteiger partial charge in [0.15, 0.2) is 11.5 Å². The van der Waals surface area contributed by atoms with Gasteiger partial charge in [-0.25, -0.2) is 0 Å². The van der Waals surface area contributed by atoms with Gasteiger partial charge in [-0.2, -0.15) is 5.10 Å². The van der Waals surface area contributed by atoms with Gasteiger partial charge in [0, 0.05) is 28.6 Å². The lowest BCUT2D eigenvalue weighted by atomic mass is 9.98. The van der Waals surface area contributed by atoms with Crippen LogP contribution in [-0.4, -0.2) is 32.5 Å². The molecular weight excluding hydrogens is 428 g/mol. The van der Waals surface area contributed by atoms with Crippen LogP contribution in [0.1, 0.15) is 26.0 Å². The summed E-state index contributed by atoms with van der Waals surface area (Å²) in [6.07, 6.45) is 0.339. The Bertz CT molecular complexity index is 1280. The van der Waals surface area contributed by atoms with Crippen LogP contribution in [-0.2, 0) is 11.2 Å². The van der Waals surface area contributed by atoms with Gasteiger partial charge in [-0.1, -0.05) is 48.0 Å². The Morgan fingerprint density at radius 2 is 1.78 bits per heavy atom. The summed E-state index contributed by atoms with van der Waals surface area (Å²) in [7, 11) is 0. The number of rotatable bonds is 7. The lowest BCUT2D eigenvalue weighted by Crippen LogP contribution is -2.05. The molecule has 0 aliphatic heterocycles. The second-order valence-corrected chi connectivity index (χ2v) is 8.25. The molecule has 4 aromatic rings. The Kier molecular flexibility index (Phi) is 6.06. The van der Waals surface area contributed by atoms with Crippen molar-refractivity contribution < 1.29 is 19.7 Å². The summed E-state index contributed by atoms with van der Waals surface area (Å²) in [5, 5.41) is 28.2. The normalized spacial score (nSPS) is 11.2. The number of nitrogens with one attached hydrogen (secondary N) is 1. The molecule has 0 spiro atoms. The second kappa shape index (κ2) is 8.93. The van der Waals surface area contributed by atoms with Gasteiger partial charge < -0.3 is 14.9 Å². The monoisotopic (exact) mass is 450 g/mol. The zero-order valence-electron chi connectivity index (χ0n) is 17.7. The van der Waals surface area contributed by atoms with E-state index in [4.69, 9.17) is 21.4 Å². The Morgan fingerprint density at radius 1 is 1.09 bits per heavy atom. The topological polar surface area (TPSA) is 95.4 Å². The summed E-state index contributed by atoms with van der Waals surface area (Å²) in [5.74, 6) is -0.303. The molecule has 1 heterocycles. The number of carboxylic acids is 1. The first-order chi connectivity index (χ1) is 15.3. The van der Waals surface area contributed by atoms with Crippen LogP contribution >= 0.6 is 11.6 Å². The molecule has 0 bridgehead atoms. The van der Waals surface area contributed by atoms with Gasteiger partial charge >= 0.3 is 5.97 Å². The fraction of sp³-hybridized carbons (Fsp3) is 0.200. The summed E-state index contributed by atoms with van der Waals surface area (Å²) in [5.41, 5.74) is 4.72.